The number of anilines is 1. The van der Waals surface area contributed by atoms with Crippen molar-refractivity contribution in [3.05, 3.63) is 65.7 Å². The molecular weight excluding hydrogens is 330 g/mol. The van der Waals surface area contributed by atoms with Gasteiger partial charge in [-0.15, -0.1) is 0 Å². The number of rotatable bonds is 4. The van der Waals surface area contributed by atoms with Gasteiger partial charge in [0.2, 0.25) is 6.29 Å². The van der Waals surface area contributed by atoms with Crippen LogP contribution in [0.3, 0.4) is 0 Å². The van der Waals surface area contributed by atoms with E-state index in [1.165, 1.54) is 6.92 Å². The normalized spacial score (nSPS) is 17.6. The van der Waals surface area contributed by atoms with Crippen LogP contribution in [0.4, 0.5) is 5.69 Å². The van der Waals surface area contributed by atoms with E-state index in [9.17, 15) is 10.2 Å². The molecule has 0 saturated carbocycles. The zero-order valence-electron chi connectivity index (χ0n) is 14.8. The minimum Gasteiger partial charge on any atom is -0.415 e. The lowest BCUT2D eigenvalue weighted by atomic mass is 9.87. The van der Waals surface area contributed by atoms with Crippen molar-refractivity contribution in [2.24, 2.45) is 0 Å². The number of aliphatic hydroxyl groups excluding tert-OH is 1. The predicted octanol–water partition coefficient (Wildman–Crippen LogP) is 2.07. The molecular formula is C21H23NO4. The minimum absolute atomic E-state index is 0.640. The molecule has 5 nitrogen and oxygen atoms in total. The molecule has 26 heavy (non-hydrogen) atoms. The molecule has 2 aromatic carbocycles. The van der Waals surface area contributed by atoms with Gasteiger partial charge in [-0.3, -0.25) is 0 Å². The van der Waals surface area contributed by atoms with Crippen molar-refractivity contribution in [2.45, 2.75) is 18.8 Å². The van der Waals surface area contributed by atoms with Crippen LogP contribution in [0.2, 0.25) is 0 Å². The second-order valence-electron chi connectivity index (χ2n) is 6.17. The molecule has 3 rings (SSSR count). The van der Waals surface area contributed by atoms with Crippen molar-refractivity contribution in [3.63, 3.8) is 0 Å². The highest BCUT2D eigenvalue weighted by molar-refractivity contribution is 5.52. The van der Waals surface area contributed by atoms with Crippen LogP contribution < -0.4 is 4.90 Å². The molecule has 0 aromatic heterocycles. The first-order chi connectivity index (χ1) is 12.6. The van der Waals surface area contributed by atoms with Gasteiger partial charge in [0.15, 0.2) is 5.60 Å². The molecule has 0 aliphatic carbocycles. The Balaban J connectivity index is 1.92. The molecule has 136 valence electrons. The molecule has 2 N–H and O–H groups in total. The van der Waals surface area contributed by atoms with Crippen LogP contribution in [-0.4, -0.2) is 42.8 Å². The van der Waals surface area contributed by atoms with E-state index in [1.54, 1.807) is 0 Å². The molecule has 2 unspecified atom stereocenters. The number of hydrogen-bond donors (Lipinski definition) is 2. The second-order valence-corrected chi connectivity index (χ2v) is 6.17. The fourth-order valence-electron chi connectivity index (χ4n) is 2.91. The Morgan fingerprint density at radius 1 is 1.04 bits per heavy atom. The Morgan fingerprint density at radius 2 is 1.65 bits per heavy atom. The molecule has 1 saturated heterocycles. The van der Waals surface area contributed by atoms with E-state index in [-0.39, 0.29) is 0 Å². The Hall–Kier alpha value is -2.52. The largest absolute Gasteiger partial charge is 0.415 e. The highest BCUT2D eigenvalue weighted by Crippen LogP contribution is 2.30. The molecule has 0 bridgehead atoms. The van der Waals surface area contributed by atoms with Crippen LogP contribution in [0.1, 0.15) is 18.1 Å². The third-order valence-corrected chi connectivity index (χ3v) is 4.31. The highest BCUT2D eigenvalue weighted by atomic mass is 16.6. The van der Waals surface area contributed by atoms with Crippen molar-refractivity contribution < 1.29 is 19.7 Å². The van der Waals surface area contributed by atoms with Gasteiger partial charge in [-0.1, -0.05) is 42.5 Å². The van der Waals surface area contributed by atoms with Crippen molar-refractivity contribution >= 4 is 5.69 Å². The lowest BCUT2D eigenvalue weighted by Crippen LogP contribution is -2.36. The number of nitrogens with zero attached hydrogens (tertiary/aromatic N) is 1. The Morgan fingerprint density at radius 3 is 2.27 bits per heavy atom. The van der Waals surface area contributed by atoms with Crippen LogP contribution in [0, 0.1) is 12.0 Å². The van der Waals surface area contributed by atoms with E-state index in [0.717, 1.165) is 32.0 Å². The first-order valence-corrected chi connectivity index (χ1v) is 8.66. The lowest BCUT2D eigenvalue weighted by Gasteiger charge is -2.30. The van der Waals surface area contributed by atoms with E-state index in [4.69, 9.17) is 9.47 Å². The fourth-order valence-corrected chi connectivity index (χ4v) is 2.91. The average molecular weight is 353 g/mol. The summed E-state index contributed by atoms with van der Waals surface area (Å²) in [6.07, 6.45) is 1.40. The summed E-state index contributed by atoms with van der Waals surface area (Å²) in [7, 11) is 0. The van der Waals surface area contributed by atoms with Crippen LogP contribution in [-0.2, 0) is 15.1 Å². The van der Waals surface area contributed by atoms with E-state index in [2.05, 4.69) is 16.9 Å². The van der Waals surface area contributed by atoms with Crippen LogP contribution in [0.25, 0.3) is 0 Å². The summed E-state index contributed by atoms with van der Waals surface area (Å²) in [6, 6.07) is 16.9. The van der Waals surface area contributed by atoms with Crippen molar-refractivity contribution in [1.82, 2.24) is 0 Å². The first-order valence-electron chi connectivity index (χ1n) is 8.66. The van der Waals surface area contributed by atoms with Crippen LogP contribution in [0.5, 0.6) is 0 Å². The van der Waals surface area contributed by atoms with E-state index in [0.29, 0.717) is 11.1 Å². The number of hydrogen-bond acceptors (Lipinski definition) is 5. The zero-order valence-corrected chi connectivity index (χ0v) is 14.8. The van der Waals surface area contributed by atoms with Gasteiger partial charge < -0.3 is 24.6 Å². The van der Waals surface area contributed by atoms with Gasteiger partial charge in [-0.2, -0.15) is 0 Å². The fraction of sp³-hybridized carbons (Fsp3) is 0.333. The monoisotopic (exact) mass is 353 g/mol. The summed E-state index contributed by atoms with van der Waals surface area (Å²) in [4.78, 5) is 2.25. The predicted molar refractivity (Wildman–Crippen MR) is 99.5 cm³/mol. The summed E-state index contributed by atoms with van der Waals surface area (Å²) < 4.78 is 10.3. The van der Waals surface area contributed by atoms with Gasteiger partial charge in [0, 0.05) is 29.9 Å². The van der Waals surface area contributed by atoms with Crippen molar-refractivity contribution in [1.29, 1.82) is 0 Å². The topological polar surface area (TPSA) is 62.2 Å². The molecule has 1 aliphatic rings. The summed E-state index contributed by atoms with van der Waals surface area (Å²) in [5, 5.41) is 20.5. The standard InChI is InChI=1S/C21H23NO4/c1-17(23)26-14-11-21(24,18-5-3-2-4-6-18)19-7-9-20(10-8-19)22-12-15-25-16-13-22/h2-10,17,23-24H,12-13,15-16H2,1H3. The summed E-state index contributed by atoms with van der Waals surface area (Å²) in [5.74, 6) is 2.75. The highest BCUT2D eigenvalue weighted by Gasteiger charge is 2.30. The third-order valence-electron chi connectivity index (χ3n) is 4.31. The van der Waals surface area contributed by atoms with E-state index in [1.807, 2.05) is 54.6 Å². The number of benzene rings is 2. The molecule has 1 fully saturated rings. The lowest BCUT2D eigenvalue weighted by molar-refractivity contribution is -0.0238. The quantitative estimate of drug-likeness (QED) is 0.651. The van der Waals surface area contributed by atoms with Crippen molar-refractivity contribution in [3.8, 4) is 12.0 Å². The second kappa shape index (κ2) is 8.24. The third kappa shape index (κ3) is 4.17. The summed E-state index contributed by atoms with van der Waals surface area (Å²) in [5.41, 5.74) is 0.837. The van der Waals surface area contributed by atoms with Crippen LogP contribution >= 0.6 is 0 Å². The van der Waals surface area contributed by atoms with E-state index >= 15 is 0 Å². The molecule has 0 spiro atoms. The maximum absolute atomic E-state index is 11.3. The van der Waals surface area contributed by atoms with Gasteiger partial charge in [-0.05, 0) is 25.0 Å². The molecule has 0 radical (unpaired) electrons. The molecule has 5 heteroatoms. The smallest absolute Gasteiger partial charge is 0.204 e. The number of morpholine rings is 1. The molecule has 2 aromatic rings. The Labute approximate surface area is 153 Å². The van der Waals surface area contributed by atoms with E-state index < -0.39 is 11.9 Å². The number of aliphatic hydroxyl groups is 2. The summed E-state index contributed by atoms with van der Waals surface area (Å²) in [6.45, 7) is 4.61. The van der Waals surface area contributed by atoms with Gasteiger partial charge in [0.05, 0.1) is 13.2 Å². The minimum atomic E-state index is -1.53. The average Bonchev–Trinajstić information content (AvgIpc) is 2.69. The Bertz CT molecular complexity index is 758. The van der Waals surface area contributed by atoms with Crippen molar-refractivity contribution in [2.75, 3.05) is 31.2 Å². The van der Waals surface area contributed by atoms with Gasteiger partial charge in [-0.25, -0.2) is 0 Å². The molecule has 1 heterocycles. The molecule has 2 atom stereocenters. The van der Waals surface area contributed by atoms with Gasteiger partial charge in [0.1, 0.15) is 6.11 Å². The first kappa shape index (κ1) is 18.3. The summed E-state index contributed by atoms with van der Waals surface area (Å²) >= 11 is 0. The van der Waals surface area contributed by atoms with Gasteiger partial charge in [0.25, 0.3) is 0 Å². The number of ether oxygens (including phenoxy) is 2. The molecule has 0 amide bonds. The maximum atomic E-state index is 11.3. The van der Waals surface area contributed by atoms with Crippen LogP contribution in [0.15, 0.2) is 54.6 Å². The Kier molecular flexibility index (Phi) is 5.79. The van der Waals surface area contributed by atoms with Gasteiger partial charge >= 0.3 is 0 Å². The SMILES string of the molecule is CC(O)OC#CC(O)(c1ccccc1)c1ccc(N2CCOCC2)cc1. The zero-order chi connectivity index (χ0) is 18.4. The maximum Gasteiger partial charge on any atom is 0.204 e. The molecule has 1 aliphatic heterocycles.